The van der Waals surface area contributed by atoms with Gasteiger partial charge in [-0.25, -0.2) is 0 Å². The van der Waals surface area contributed by atoms with Crippen molar-refractivity contribution in [1.29, 1.82) is 0 Å². The highest BCUT2D eigenvalue weighted by Crippen LogP contribution is 2.43. The van der Waals surface area contributed by atoms with E-state index in [2.05, 4.69) is 0 Å². The third-order valence-corrected chi connectivity index (χ3v) is 5.79. The molecule has 6 heteroatoms. The lowest BCUT2D eigenvalue weighted by Gasteiger charge is -2.27. The van der Waals surface area contributed by atoms with E-state index >= 15 is 0 Å². The van der Waals surface area contributed by atoms with Crippen molar-refractivity contribution in [3.8, 4) is 5.75 Å². The smallest absolute Gasteiger partial charge is 0.294 e. The first-order valence-electron chi connectivity index (χ1n) is 10.5. The van der Waals surface area contributed by atoms with Gasteiger partial charge in [0.05, 0.1) is 18.7 Å². The molecular weight excluding hydrogens is 418 g/mol. The first-order chi connectivity index (χ1) is 16.0. The molecule has 1 aliphatic rings. The standard InChI is InChI=1S/C27H21NO5/c1-16-7-5-9-18(13-16)24-23(25(29)22-14-17-8-3-4-12-21(17)33-22)26(30)27(31)28(24)19-10-6-11-20(15-19)32-2/h3-15,24,30H,1-2H3. The van der Waals surface area contributed by atoms with Crippen molar-refractivity contribution in [3.05, 3.63) is 107 Å². The highest BCUT2D eigenvalue weighted by atomic mass is 16.5. The molecular formula is C27H21NO5. The maximum absolute atomic E-state index is 13.6. The molecule has 2 heterocycles. The van der Waals surface area contributed by atoms with Crippen molar-refractivity contribution >= 4 is 28.3 Å². The van der Waals surface area contributed by atoms with Crippen LogP contribution in [0.4, 0.5) is 5.69 Å². The second-order valence-electron chi connectivity index (χ2n) is 7.93. The summed E-state index contributed by atoms with van der Waals surface area (Å²) in [4.78, 5) is 28.3. The van der Waals surface area contributed by atoms with Crippen molar-refractivity contribution < 1.29 is 23.8 Å². The van der Waals surface area contributed by atoms with Gasteiger partial charge in [-0.1, -0.05) is 54.1 Å². The Morgan fingerprint density at radius 2 is 1.79 bits per heavy atom. The predicted molar refractivity (Wildman–Crippen MR) is 125 cm³/mol. The quantitative estimate of drug-likeness (QED) is 0.414. The Labute approximate surface area is 190 Å². The van der Waals surface area contributed by atoms with Gasteiger partial charge in [-0.3, -0.25) is 14.5 Å². The summed E-state index contributed by atoms with van der Waals surface area (Å²) in [5, 5.41) is 11.7. The fourth-order valence-corrected chi connectivity index (χ4v) is 4.25. The van der Waals surface area contributed by atoms with Gasteiger partial charge in [-0.2, -0.15) is 0 Å². The summed E-state index contributed by atoms with van der Waals surface area (Å²) in [6, 6.07) is 22.5. The Bertz CT molecular complexity index is 1400. The Hall–Kier alpha value is -4.32. The van der Waals surface area contributed by atoms with Crippen molar-refractivity contribution in [2.24, 2.45) is 0 Å². The maximum atomic E-state index is 13.6. The Morgan fingerprint density at radius 3 is 2.55 bits per heavy atom. The van der Waals surface area contributed by atoms with Gasteiger partial charge >= 0.3 is 0 Å². The number of amides is 1. The van der Waals surface area contributed by atoms with Gasteiger partial charge in [0.2, 0.25) is 5.78 Å². The number of fused-ring (bicyclic) bond motifs is 1. The molecule has 0 saturated heterocycles. The molecule has 1 atom stereocenters. The number of rotatable bonds is 5. The van der Waals surface area contributed by atoms with Gasteiger partial charge in [0.25, 0.3) is 5.91 Å². The summed E-state index contributed by atoms with van der Waals surface area (Å²) in [5.74, 6) is -1.16. The number of methoxy groups -OCH3 is 1. The van der Waals surface area contributed by atoms with Crippen LogP contribution in [0.5, 0.6) is 5.75 Å². The first kappa shape index (κ1) is 20.6. The zero-order chi connectivity index (χ0) is 23.1. The molecule has 0 fully saturated rings. The number of anilines is 1. The summed E-state index contributed by atoms with van der Waals surface area (Å²) in [5.41, 5.74) is 2.71. The monoisotopic (exact) mass is 439 g/mol. The van der Waals surface area contributed by atoms with Crippen molar-refractivity contribution in [3.63, 3.8) is 0 Å². The van der Waals surface area contributed by atoms with Crippen molar-refractivity contribution in [2.45, 2.75) is 13.0 Å². The third kappa shape index (κ3) is 3.46. The molecule has 0 spiro atoms. The zero-order valence-corrected chi connectivity index (χ0v) is 18.1. The number of ether oxygens (including phenoxy) is 1. The normalized spacial score (nSPS) is 16.0. The van der Waals surface area contributed by atoms with Crippen LogP contribution in [0, 0.1) is 6.92 Å². The number of carbonyl (C=O) groups is 2. The first-order valence-corrected chi connectivity index (χ1v) is 10.5. The minimum absolute atomic E-state index is 0.0209. The minimum atomic E-state index is -0.829. The number of nitrogens with zero attached hydrogens (tertiary/aromatic N) is 1. The summed E-state index contributed by atoms with van der Waals surface area (Å²) in [6.07, 6.45) is 0. The van der Waals surface area contributed by atoms with Crippen LogP contribution in [0.3, 0.4) is 0 Å². The van der Waals surface area contributed by atoms with Crippen LogP contribution in [0.15, 0.2) is 94.6 Å². The van der Waals surface area contributed by atoms with E-state index in [9.17, 15) is 14.7 Å². The van der Waals surface area contributed by atoms with Crippen molar-refractivity contribution in [2.75, 3.05) is 12.0 Å². The van der Waals surface area contributed by atoms with E-state index in [1.165, 1.54) is 12.0 Å². The minimum Gasteiger partial charge on any atom is -0.503 e. The van der Waals surface area contributed by atoms with Crippen LogP contribution in [0.1, 0.15) is 27.7 Å². The number of aliphatic hydroxyl groups is 1. The van der Waals surface area contributed by atoms with Crippen LogP contribution in [0.25, 0.3) is 11.0 Å². The van der Waals surface area contributed by atoms with E-state index in [1.807, 2.05) is 49.4 Å². The number of aryl methyl sites for hydroxylation is 1. The number of ketones is 1. The molecule has 0 aliphatic carbocycles. The lowest BCUT2D eigenvalue weighted by Crippen LogP contribution is -2.31. The SMILES string of the molecule is COc1cccc(N2C(=O)C(O)=C(C(=O)c3cc4ccccc4o3)C2c2cccc(C)c2)c1. The predicted octanol–water partition coefficient (Wildman–Crippen LogP) is 5.53. The van der Waals surface area contributed by atoms with E-state index in [1.54, 1.807) is 36.4 Å². The molecule has 0 radical (unpaired) electrons. The summed E-state index contributed by atoms with van der Waals surface area (Å²) in [7, 11) is 1.54. The molecule has 0 bridgehead atoms. The number of benzene rings is 3. The van der Waals surface area contributed by atoms with E-state index in [0.29, 0.717) is 22.6 Å². The fourth-order valence-electron chi connectivity index (χ4n) is 4.25. The van der Waals surface area contributed by atoms with Gasteiger partial charge in [-0.05, 0) is 36.8 Å². The number of furan rings is 1. The van der Waals surface area contributed by atoms with Crippen LogP contribution >= 0.6 is 0 Å². The van der Waals surface area contributed by atoms with Gasteiger partial charge in [0.1, 0.15) is 11.3 Å². The molecule has 6 nitrogen and oxygen atoms in total. The average molecular weight is 439 g/mol. The van der Waals surface area contributed by atoms with E-state index < -0.39 is 23.5 Å². The molecule has 1 N–H and O–H groups in total. The number of para-hydroxylation sites is 1. The number of aliphatic hydroxyl groups excluding tert-OH is 1. The summed E-state index contributed by atoms with van der Waals surface area (Å²) >= 11 is 0. The number of carbonyl (C=O) groups excluding carboxylic acids is 2. The molecule has 5 rings (SSSR count). The maximum Gasteiger partial charge on any atom is 0.294 e. The van der Waals surface area contributed by atoms with Crippen LogP contribution in [-0.4, -0.2) is 23.9 Å². The summed E-state index contributed by atoms with van der Waals surface area (Å²) in [6.45, 7) is 1.93. The topological polar surface area (TPSA) is 80.0 Å². The van der Waals surface area contributed by atoms with E-state index in [4.69, 9.17) is 9.15 Å². The second kappa shape index (κ2) is 7.98. The zero-order valence-electron chi connectivity index (χ0n) is 18.1. The molecule has 164 valence electrons. The van der Waals surface area contributed by atoms with E-state index in [0.717, 1.165) is 10.9 Å². The number of hydrogen-bond donors (Lipinski definition) is 1. The molecule has 1 aromatic heterocycles. The Kier molecular flexibility index (Phi) is 4.98. The molecule has 1 aliphatic heterocycles. The van der Waals surface area contributed by atoms with Gasteiger partial charge in [-0.15, -0.1) is 0 Å². The highest BCUT2D eigenvalue weighted by Gasteiger charge is 2.45. The molecule has 1 unspecified atom stereocenters. The van der Waals surface area contributed by atoms with E-state index in [-0.39, 0.29) is 11.3 Å². The molecule has 3 aromatic carbocycles. The second-order valence-corrected chi connectivity index (χ2v) is 7.93. The molecule has 1 amide bonds. The largest absolute Gasteiger partial charge is 0.503 e. The average Bonchev–Trinajstić information content (AvgIpc) is 3.38. The van der Waals surface area contributed by atoms with Gasteiger partial charge < -0.3 is 14.3 Å². The van der Waals surface area contributed by atoms with Crippen LogP contribution in [0.2, 0.25) is 0 Å². The van der Waals surface area contributed by atoms with Crippen LogP contribution in [-0.2, 0) is 4.79 Å². The molecule has 33 heavy (non-hydrogen) atoms. The lowest BCUT2D eigenvalue weighted by molar-refractivity contribution is -0.117. The number of hydrogen-bond acceptors (Lipinski definition) is 5. The van der Waals surface area contributed by atoms with Crippen molar-refractivity contribution in [1.82, 2.24) is 0 Å². The summed E-state index contributed by atoms with van der Waals surface area (Å²) < 4.78 is 11.1. The lowest BCUT2D eigenvalue weighted by atomic mass is 9.94. The van der Waals surface area contributed by atoms with Gasteiger partial charge in [0.15, 0.2) is 11.5 Å². The molecule has 0 saturated carbocycles. The fraction of sp³-hybridized carbons (Fsp3) is 0.111. The Morgan fingerprint density at radius 1 is 1.00 bits per heavy atom. The number of Topliss-reactive ketones (excluding diaryl/α,β-unsaturated/α-hetero) is 1. The highest BCUT2D eigenvalue weighted by molar-refractivity contribution is 6.20. The Balaban J connectivity index is 1.67. The van der Waals surface area contributed by atoms with Crippen LogP contribution < -0.4 is 9.64 Å². The molecule has 4 aromatic rings. The third-order valence-electron chi connectivity index (χ3n) is 5.79. The van der Waals surface area contributed by atoms with Gasteiger partial charge in [0, 0.05) is 17.1 Å².